The number of likely N-dealkylation sites (tertiary alicyclic amines) is 1. The highest BCUT2D eigenvalue weighted by molar-refractivity contribution is 4.90. The second-order valence-electron chi connectivity index (χ2n) is 6.33. The zero-order valence-corrected chi connectivity index (χ0v) is 12.0. The van der Waals surface area contributed by atoms with Gasteiger partial charge in [-0.25, -0.2) is 0 Å². The van der Waals surface area contributed by atoms with Gasteiger partial charge in [-0.2, -0.15) is 0 Å². The van der Waals surface area contributed by atoms with Crippen LogP contribution in [-0.2, 0) is 0 Å². The maximum absolute atomic E-state index is 8.87. The van der Waals surface area contributed by atoms with Gasteiger partial charge < -0.3 is 10.0 Å². The van der Waals surface area contributed by atoms with Crippen LogP contribution in [0, 0.1) is 11.3 Å². The van der Waals surface area contributed by atoms with Crippen LogP contribution >= 0.6 is 0 Å². The lowest BCUT2D eigenvalue weighted by Crippen LogP contribution is -2.53. The standard InChI is InChI=1S/C15H31NO/c1-4-5-6-7-8-9-15(2,3)14-12-16(13-14)10-11-17/h14,17H,4-13H2,1-3H3. The van der Waals surface area contributed by atoms with Gasteiger partial charge in [0.1, 0.15) is 0 Å². The summed E-state index contributed by atoms with van der Waals surface area (Å²) in [5.41, 5.74) is 0.498. The van der Waals surface area contributed by atoms with Crippen molar-refractivity contribution in [1.29, 1.82) is 0 Å². The topological polar surface area (TPSA) is 23.5 Å². The van der Waals surface area contributed by atoms with Gasteiger partial charge >= 0.3 is 0 Å². The van der Waals surface area contributed by atoms with Gasteiger partial charge in [-0.05, 0) is 17.8 Å². The highest BCUT2D eigenvalue weighted by atomic mass is 16.3. The lowest BCUT2D eigenvalue weighted by atomic mass is 9.71. The third-order valence-corrected chi connectivity index (χ3v) is 4.40. The van der Waals surface area contributed by atoms with Crippen LogP contribution in [0.4, 0.5) is 0 Å². The highest BCUT2D eigenvalue weighted by Crippen LogP contribution is 2.38. The second kappa shape index (κ2) is 7.38. The smallest absolute Gasteiger partial charge is 0.0558 e. The van der Waals surface area contributed by atoms with Crippen LogP contribution < -0.4 is 0 Å². The number of aliphatic hydroxyl groups excluding tert-OH is 1. The Hall–Kier alpha value is -0.0800. The Labute approximate surface area is 107 Å². The van der Waals surface area contributed by atoms with Gasteiger partial charge in [0.2, 0.25) is 0 Å². The van der Waals surface area contributed by atoms with E-state index in [0.717, 1.165) is 12.5 Å². The van der Waals surface area contributed by atoms with Crippen molar-refractivity contribution < 1.29 is 5.11 Å². The number of hydrogen-bond acceptors (Lipinski definition) is 2. The van der Waals surface area contributed by atoms with Crippen LogP contribution in [0.25, 0.3) is 0 Å². The maximum Gasteiger partial charge on any atom is 0.0558 e. The minimum Gasteiger partial charge on any atom is -0.395 e. The number of aliphatic hydroxyl groups is 1. The molecule has 102 valence electrons. The minimum atomic E-state index is 0.310. The SMILES string of the molecule is CCCCCCCC(C)(C)C1CN(CCO)C1. The molecule has 0 aromatic carbocycles. The van der Waals surface area contributed by atoms with Crippen molar-refractivity contribution in [1.82, 2.24) is 4.90 Å². The fourth-order valence-electron chi connectivity index (χ4n) is 2.78. The van der Waals surface area contributed by atoms with Gasteiger partial charge in [-0.3, -0.25) is 0 Å². The molecule has 1 fully saturated rings. The first-order valence-corrected chi connectivity index (χ1v) is 7.43. The summed E-state index contributed by atoms with van der Waals surface area (Å²) in [6, 6.07) is 0. The first kappa shape index (κ1) is 15.0. The van der Waals surface area contributed by atoms with Crippen molar-refractivity contribution in [3.63, 3.8) is 0 Å². The van der Waals surface area contributed by atoms with Gasteiger partial charge in [-0.15, -0.1) is 0 Å². The molecular formula is C15H31NO. The first-order chi connectivity index (χ1) is 8.10. The van der Waals surface area contributed by atoms with Gasteiger partial charge in [0.05, 0.1) is 6.61 Å². The van der Waals surface area contributed by atoms with E-state index in [-0.39, 0.29) is 0 Å². The van der Waals surface area contributed by atoms with Crippen LogP contribution in [0.2, 0.25) is 0 Å². The minimum absolute atomic E-state index is 0.310. The quantitative estimate of drug-likeness (QED) is 0.626. The summed E-state index contributed by atoms with van der Waals surface area (Å²) < 4.78 is 0. The number of rotatable bonds is 9. The van der Waals surface area contributed by atoms with E-state index < -0.39 is 0 Å². The molecule has 2 heteroatoms. The molecule has 0 aliphatic carbocycles. The molecule has 0 radical (unpaired) electrons. The highest BCUT2D eigenvalue weighted by Gasteiger charge is 2.37. The van der Waals surface area contributed by atoms with Crippen molar-refractivity contribution in [2.45, 2.75) is 59.3 Å². The van der Waals surface area contributed by atoms with Crippen molar-refractivity contribution in [3.8, 4) is 0 Å². The molecule has 0 saturated carbocycles. The van der Waals surface area contributed by atoms with Crippen molar-refractivity contribution in [2.75, 3.05) is 26.2 Å². The zero-order valence-electron chi connectivity index (χ0n) is 12.0. The normalized spacial score (nSPS) is 18.4. The summed E-state index contributed by atoms with van der Waals surface area (Å²) in [6.07, 6.45) is 8.31. The lowest BCUT2D eigenvalue weighted by Gasteiger charge is -2.48. The fraction of sp³-hybridized carbons (Fsp3) is 1.00. The number of β-amino-alcohol motifs (C(OH)–C–C–N with tert-alkyl or cyclic N) is 1. The molecule has 0 aromatic rings. The molecule has 0 unspecified atom stereocenters. The predicted molar refractivity (Wildman–Crippen MR) is 74.2 cm³/mol. The van der Waals surface area contributed by atoms with Gasteiger partial charge in [0.15, 0.2) is 0 Å². The van der Waals surface area contributed by atoms with Crippen LogP contribution in [-0.4, -0.2) is 36.2 Å². The summed E-state index contributed by atoms with van der Waals surface area (Å²) >= 11 is 0. The fourth-order valence-corrected chi connectivity index (χ4v) is 2.78. The number of hydrogen-bond donors (Lipinski definition) is 1. The number of nitrogens with zero attached hydrogens (tertiary/aromatic N) is 1. The maximum atomic E-state index is 8.87. The Morgan fingerprint density at radius 1 is 1.12 bits per heavy atom. The molecule has 0 bridgehead atoms. The second-order valence-corrected chi connectivity index (χ2v) is 6.33. The van der Waals surface area contributed by atoms with E-state index in [4.69, 9.17) is 5.11 Å². The molecule has 1 rings (SSSR count). The molecule has 1 heterocycles. The summed E-state index contributed by atoms with van der Waals surface area (Å²) in [6.45, 7) is 10.7. The van der Waals surface area contributed by atoms with Crippen molar-refractivity contribution >= 4 is 0 Å². The molecule has 0 amide bonds. The molecule has 1 aliphatic rings. The van der Waals surface area contributed by atoms with Gasteiger partial charge in [-0.1, -0.05) is 52.9 Å². The monoisotopic (exact) mass is 241 g/mol. The first-order valence-electron chi connectivity index (χ1n) is 7.43. The van der Waals surface area contributed by atoms with E-state index >= 15 is 0 Å². The van der Waals surface area contributed by atoms with Crippen LogP contribution in [0.15, 0.2) is 0 Å². The van der Waals surface area contributed by atoms with Gasteiger partial charge in [0, 0.05) is 19.6 Å². The third-order valence-electron chi connectivity index (χ3n) is 4.40. The van der Waals surface area contributed by atoms with E-state index in [1.807, 2.05) is 0 Å². The largest absolute Gasteiger partial charge is 0.395 e. The molecule has 0 spiro atoms. The van der Waals surface area contributed by atoms with E-state index in [2.05, 4.69) is 25.7 Å². The summed E-state index contributed by atoms with van der Waals surface area (Å²) in [5.74, 6) is 0.847. The summed E-state index contributed by atoms with van der Waals surface area (Å²) in [4.78, 5) is 2.36. The van der Waals surface area contributed by atoms with Crippen LogP contribution in [0.1, 0.15) is 59.3 Å². The van der Waals surface area contributed by atoms with Crippen molar-refractivity contribution in [3.05, 3.63) is 0 Å². The molecule has 1 N–H and O–H groups in total. The predicted octanol–water partition coefficient (Wildman–Crippen LogP) is 3.30. The molecule has 1 saturated heterocycles. The molecule has 2 nitrogen and oxygen atoms in total. The van der Waals surface area contributed by atoms with Gasteiger partial charge in [0.25, 0.3) is 0 Å². The zero-order chi connectivity index (χ0) is 12.7. The Morgan fingerprint density at radius 3 is 2.35 bits per heavy atom. The number of unbranched alkanes of at least 4 members (excludes halogenated alkanes) is 4. The van der Waals surface area contributed by atoms with Crippen molar-refractivity contribution in [2.24, 2.45) is 11.3 Å². The molecule has 17 heavy (non-hydrogen) atoms. The molecule has 0 aromatic heterocycles. The Morgan fingerprint density at radius 2 is 1.76 bits per heavy atom. The Bertz CT molecular complexity index is 197. The third kappa shape index (κ3) is 4.97. The van der Waals surface area contributed by atoms with E-state index in [0.29, 0.717) is 12.0 Å². The van der Waals surface area contributed by atoms with E-state index in [9.17, 15) is 0 Å². The molecule has 1 aliphatic heterocycles. The average Bonchev–Trinajstić information content (AvgIpc) is 2.22. The average molecular weight is 241 g/mol. The van der Waals surface area contributed by atoms with E-state index in [1.54, 1.807) is 0 Å². The Kier molecular flexibility index (Phi) is 6.50. The van der Waals surface area contributed by atoms with Crippen LogP contribution in [0.3, 0.4) is 0 Å². The summed E-state index contributed by atoms with van der Waals surface area (Å²) in [5, 5.41) is 8.87. The van der Waals surface area contributed by atoms with Crippen LogP contribution in [0.5, 0.6) is 0 Å². The molecular weight excluding hydrogens is 210 g/mol. The lowest BCUT2D eigenvalue weighted by molar-refractivity contribution is 0.000785. The summed E-state index contributed by atoms with van der Waals surface area (Å²) in [7, 11) is 0. The molecule has 0 atom stereocenters. The van der Waals surface area contributed by atoms with E-state index in [1.165, 1.54) is 51.6 Å². The Balaban J connectivity index is 2.10.